The summed E-state index contributed by atoms with van der Waals surface area (Å²) in [6.45, 7) is 4.12. The Morgan fingerprint density at radius 2 is 2.06 bits per heavy atom. The zero-order valence-electron chi connectivity index (χ0n) is 9.98. The van der Waals surface area contributed by atoms with Crippen LogP contribution < -0.4 is 10.6 Å². The van der Waals surface area contributed by atoms with Crippen LogP contribution in [0.2, 0.25) is 0 Å². The van der Waals surface area contributed by atoms with Crippen molar-refractivity contribution < 1.29 is 4.79 Å². The molecule has 1 heterocycles. The number of hydrogen-bond donors (Lipinski definition) is 2. The van der Waals surface area contributed by atoms with Crippen LogP contribution in [0.4, 0.5) is 4.79 Å². The molecule has 1 saturated heterocycles. The van der Waals surface area contributed by atoms with Crippen LogP contribution in [0.3, 0.4) is 0 Å². The standard InChI is InChI=1S/C13H19N3O/c17-13(16-9-4-7-14-8-10-16)15-11-12-5-2-1-3-6-12/h1-3,5-6,14H,4,7-11H2,(H,15,17). The van der Waals surface area contributed by atoms with E-state index in [0.29, 0.717) is 6.54 Å². The van der Waals surface area contributed by atoms with Gasteiger partial charge in [0, 0.05) is 26.2 Å². The van der Waals surface area contributed by atoms with Crippen LogP contribution >= 0.6 is 0 Å². The SMILES string of the molecule is O=C(NCc1ccccc1)N1CCCNCC1. The molecule has 0 bridgehead atoms. The van der Waals surface area contributed by atoms with E-state index in [0.717, 1.165) is 38.2 Å². The fourth-order valence-corrected chi connectivity index (χ4v) is 1.93. The largest absolute Gasteiger partial charge is 0.334 e. The molecule has 1 aromatic rings. The molecule has 2 amide bonds. The maximum absolute atomic E-state index is 11.9. The molecular weight excluding hydrogens is 214 g/mol. The molecule has 2 rings (SSSR count). The zero-order valence-corrected chi connectivity index (χ0v) is 9.98. The number of hydrogen-bond acceptors (Lipinski definition) is 2. The van der Waals surface area contributed by atoms with Gasteiger partial charge in [0.15, 0.2) is 0 Å². The Morgan fingerprint density at radius 1 is 1.24 bits per heavy atom. The third-order valence-electron chi connectivity index (χ3n) is 2.91. The van der Waals surface area contributed by atoms with E-state index in [1.165, 1.54) is 0 Å². The molecule has 1 aromatic carbocycles. The Balaban J connectivity index is 1.80. The zero-order chi connectivity index (χ0) is 11.9. The van der Waals surface area contributed by atoms with Crippen molar-refractivity contribution in [3.8, 4) is 0 Å². The van der Waals surface area contributed by atoms with Crippen molar-refractivity contribution in [2.75, 3.05) is 26.2 Å². The van der Waals surface area contributed by atoms with Crippen molar-refractivity contribution in [2.45, 2.75) is 13.0 Å². The van der Waals surface area contributed by atoms with Gasteiger partial charge in [-0.2, -0.15) is 0 Å². The molecule has 0 radical (unpaired) electrons. The van der Waals surface area contributed by atoms with E-state index < -0.39 is 0 Å². The quantitative estimate of drug-likeness (QED) is 0.806. The summed E-state index contributed by atoms with van der Waals surface area (Å²) in [5.41, 5.74) is 1.13. The molecule has 0 atom stereocenters. The van der Waals surface area contributed by atoms with Gasteiger partial charge in [0.2, 0.25) is 0 Å². The Labute approximate surface area is 102 Å². The fraction of sp³-hybridized carbons (Fsp3) is 0.462. The van der Waals surface area contributed by atoms with Crippen molar-refractivity contribution in [2.24, 2.45) is 0 Å². The van der Waals surface area contributed by atoms with Gasteiger partial charge in [-0.05, 0) is 18.5 Å². The predicted molar refractivity (Wildman–Crippen MR) is 67.7 cm³/mol. The molecule has 0 unspecified atom stereocenters. The molecule has 0 spiro atoms. The Bertz CT molecular complexity index is 345. The number of nitrogens with zero attached hydrogens (tertiary/aromatic N) is 1. The summed E-state index contributed by atoms with van der Waals surface area (Å²) in [6.07, 6.45) is 1.03. The van der Waals surface area contributed by atoms with Crippen LogP contribution in [0.15, 0.2) is 30.3 Å². The highest BCUT2D eigenvalue weighted by atomic mass is 16.2. The van der Waals surface area contributed by atoms with Gasteiger partial charge >= 0.3 is 6.03 Å². The summed E-state index contributed by atoms with van der Waals surface area (Å²) >= 11 is 0. The van der Waals surface area contributed by atoms with Gasteiger partial charge in [0.1, 0.15) is 0 Å². The minimum absolute atomic E-state index is 0.0394. The second kappa shape index (κ2) is 6.25. The van der Waals surface area contributed by atoms with Crippen LogP contribution in [-0.4, -0.2) is 37.1 Å². The minimum Gasteiger partial charge on any atom is -0.334 e. The lowest BCUT2D eigenvalue weighted by Crippen LogP contribution is -2.41. The molecule has 1 fully saturated rings. The van der Waals surface area contributed by atoms with E-state index >= 15 is 0 Å². The topological polar surface area (TPSA) is 44.4 Å². The van der Waals surface area contributed by atoms with Gasteiger partial charge < -0.3 is 15.5 Å². The van der Waals surface area contributed by atoms with E-state index in [1.807, 2.05) is 35.2 Å². The van der Waals surface area contributed by atoms with Crippen molar-refractivity contribution in [3.63, 3.8) is 0 Å². The maximum Gasteiger partial charge on any atom is 0.317 e. The van der Waals surface area contributed by atoms with Crippen LogP contribution in [-0.2, 0) is 6.54 Å². The van der Waals surface area contributed by atoms with E-state index in [9.17, 15) is 4.79 Å². The first-order valence-corrected chi connectivity index (χ1v) is 6.14. The van der Waals surface area contributed by atoms with Crippen molar-refractivity contribution in [1.82, 2.24) is 15.5 Å². The van der Waals surface area contributed by atoms with Crippen molar-refractivity contribution in [1.29, 1.82) is 0 Å². The predicted octanol–water partition coefficient (Wildman–Crippen LogP) is 1.19. The molecule has 4 nitrogen and oxygen atoms in total. The molecule has 2 N–H and O–H groups in total. The number of carbonyl (C=O) groups excluding carboxylic acids is 1. The first-order valence-electron chi connectivity index (χ1n) is 6.14. The smallest absolute Gasteiger partial charge is 0.317 e. The second-order valence-electron chi connectivity index (χ2n) is 4.23. The average molecular weight is 233 g/mol. The first kappa shape index (κ1) is 11.9. The number of benzene rings is 1. The number of amides is 2. The number of urea groups is 1. The molecule has 0 aromatic heterocycles. The van der Waals surface area contributed by atoms with E-state index in [2.05, 4.69) is 10.6 Å². The number of rotatable bonds is 2. The maximum atomic E-state index is 11.9. The van der Waals surface area contributed by atoms with Crippen LogP contribution in [0.5, 0.6) is 0 Å². The Kier molecular flexibility index (Phi) is 4.38. The minimum atomic E-state index is 0.0394. The van der Waals surface area contributed by atoms with Gasteiger partial charge in [-0.1, -0.05) is 30.3 Å². The van der Waals surface area contributed by atoms with Crippen molar-refractivity contribution in [3.05, 3.63) is 35.9 Å². The Morgan fingerprint density at radius 3 is 2.88 bits per heavy atom. The lowest BCUT2D eigenvalue weighted by atomic mass is 10.2. The lowest BCUT2D eigenvalue weighted by molar-refractivity contribution is 0.201. The monoisotopic (exact) mass is 233 g/mol. The molecule has 1 aliphatic rings. The van der Waals surface area contributed by atoms with Crippen molar-refractivity contribution >= 4 is 6.03 Å². The number of nitrogens with one attached hydrogen (secondary N) is 2. The summed E-state index contributed by atoms with van der Waals surface area (Å²) < 4.78 is 0. The third kappa shape index (κ3) is 3.75. The fourth-order valence-electron chi connectivity index (χ4n) is 1.93. The molecule has 4 heteroatoms. The first-order chi connectivity index (χ1) is 8.36. The summed E-state index contributed by atoms with van der Waals surface area (Å²) in [5, 5.41) is 6.24. The second-order valence-corrected chi connectivity index (χ2v) is 4.23. The Hall–Kier alpha value is -1.55. The summed E-state index contributed by atoms with van der Waals surface area (Å²) in [7, 11) is 0. The lowest BCUT2D eigenvalue weighted by Gasteiger charge is -2.20. The van der Waals surface area contributed by atoms with Gasteiger partial charge in [-0.3, -0.25) is 0 Å². The van der Waals surface area contributed by atoms with Crippen LogP contribution in [0.25, 0.3) is 0 Å². The highest BCUT2D eigenvalue weighted by molar-refractivity contribution is 5.74. The molecule has 0 saturated carbocycles. The summed E-state index contributed by atoms with van der Waals surface area (Å²) in [5.74, 6) is 0. The highest BCUT2D eigenvalue weighted by Gasteiger charge is 2.14. The van der Waals surface area contributed by atoms with Crippen LogP contribution in [0, 0.1) is 0 Å². The molecule has 92 valence electrons. The van der Waals surface area contributed by atoms with Crippen LogP contribution in [0.1, 0.15) is 12.0 Å². The van der Waals surface area contributed by atoms with Gasteiger partial charge in [0.25, 0.3) is 0 Å². The van der Waals surface area contributed by atoms with E-state index in [1.54, 1.807) is 0 Å². The summed E-state index contributed by atoms with van der Waals surface area (Å²) in [4.78, 5) is 13.8. The van der Waals surface area contributed by atoms with Gasteiger partial charge in [-0.25, -0.2) is 4.79 Å². The molecule has 1 aliphatic heterocycles. The van der Waals surface area contributed by atoms with E-state index in [4.69, 9.17) is 0 Å². The highest BCUT2D eigenvalue weighted by Crippen LogP contribution is 2.00. The third-order valence-corrected chi connectivity index (χ3v) is 2.91. The molecule has 17 heavy (non-hydrogen) atoms. The van der Waals surface area contributed by atoms with Gasteiger partial charge in [0.05, 0.1) is 0 Å². The number of carbonyl (C=O) groups is 1. The molecular formula is C13H19N3O. The molecule has 0 aliphatic carbocycles. The van der Waals surface area contributed by atoms with Gasteiger partial charge in [-0.15, -0.1) is 0 Å². The van der Waals surface area contributed by atoms with E-state index in [-0.39, 0.29) is 6.03 Å². The normalized spacial score (nSPS) is 16.4. The summed E-state index contributed by atoms with van der Waals surface area (Å²) in [6, 6.07) is 10.0. The average Bonchev–Trinajstić information content (AvgIpc) is 2.66.